The highest BCUT2D eigenvalue weighted by Gasteiger charge is 2.08. The summed E-state index contributed by atoms with van der Waals surface area (Å²) in [6.07, 6.45) is 1.73. The fourth-order valence-electron chi connectivity index (χ4n) is 1.77. The Kier molecular flexibility index (Phi) is 3.30. The largest absolute Gasteiger partial charge is 0.359 e. The fraction of sp³-hybridized carbons (Fsp3) is 0. The predicted octanol–water partition coefficient (Wildman–Crippen LogP) is 2.24. The molecular weight excluding hydrogens is 276 g/mol. The van der Waals surface area contributed by atoms with Crippen molar-refractivity contribution in [3.63, 3.8) is 0 Å². The number of hydrogen-bond acceptors (Lipinski definition) is 4. The molecule has 0 saturated heterocycles. The lowest BCUT2D eigenvalue weighted by atomic mass is 10.2. The lowest BCUT2D eigenvalue weighted by Crippen LogP contribution is -2.22. The van der Waals surface area contributed by atoms with E-state index in [0.29, 0.717) is 15.9 Å². The van der Waals surface area contributed by atoms with Crippen LogP contribution >= 0.6 is 0 Å². The van der Waals surface area contributed by atoms with Gasteiger partial charge >= 0.3 is 0 Å². The summed E-state index contributed by atoms with van der Waals surface area (Å²) in [5.41, 5.74) is 1.63. The third kappa shape index (κ3) is 2.46. The summed E-state index contributed by atoms with van der Waals surface area (Å²) in [6, 6.07) is 14.2. The maximum Gasteiger partial charge on any atom is 0.249 e. The van der Waals surface area contributed by atoms with Crippen molar-refractivity contribution in [2.24, 2.45) is 0 Å². The molecule has 2 aromatic carbocycles. The first-order chi connectivity index (χ1) is 9.74. The minimum atomic E-state index is -1.20. The third-order valence-electron chi connectivity index (χ3n) is 2.77. The van der Waals surface area contributed by atoms with E-state index in [-0.39, 0.29) is 0 Å². The van der Waals surface area contributed by atoms with Crippen molar-refractivity contribution in [1.82, 2.24) is 5.16 Å². The molecule has 3 rings (SSSR count). The van der Waals surface area contributed by atoms with Gasteiger partial charge < -0.3 is 5.21 Å². The maximum absolute atomic E-state index is 12.0. The molecule has 1 unspecified atom stereocenters. The molecule has 6 heteroatoms. The Hall–Kier alpha value is -2.47. The molecule has 0 N–H and O–H groups in total. The van der Waals surface area contributed by atoms with Crippen molar-refractivity contribution >= 4 is 27.9 Å². The van der Waals surface area contributed by atoms with E-state index in [2.05, 4.69) is 9.79 Å². The smallest absolute Gasteiger partial charge is 0.249 e. The topological polar surface area (TPSA) is 70.0 Å². The summed E-state index contributed by atoms with van der Waals surface area (Å²) < 4.78 is 16.5. The van der Waals surface area contributed by atoms with Crippen LogP contribution in [0.2, 0.25) is 0 Å². The maximum atomic E-state index is 12.0. The zero-order valence-electron chi connectivity index (χ0n) is 10.3. The van der Waals surface area contributed by atoms with Gasteiger partial charge in [0.1, 0.15) is 0 Å². The fourth-order valence-corrected chi connectivity index (χ4v) is 2.63. The van der Waals surface area contributed by atoms with Crippen molar-refractivity contribution in [2.45, 2.75) is 4.90 Å². The SMILES string of the molecule is O=S(/C=C/c1ccc2c(c1)no[n+]2[O-])c1ccccc1. The average molecular weight is 286 g/mol. The van der Waals surface area contributed by atoms with Crippen LogP contribution in [0.3, 0.4) is 0 Å². The summed E-state index contributed by atoms with van der Waals surface area (Å²) in [4.78, 5) is 1.09. The van der Waals surface area contributed by atoms with Gasteiger partial charge in [-0.3, -0.25) is 4.63 Å². The zero-order valence-corrected chi connectivity index (χ0v) is 11.1. The standard InChI is InChI=1S/C14H10N2O3S/c17-16-14-7-6-11(10-13(14)15-19-16)8-9-20(18)12-4-2-1-3-5-12/h1-10H/b9-8+. The summed E-state index contributed by atoms with van der Waals surface area (Å²) in [5.74, 6) is 0. The molecule has 0 aliphatic heterocycles. The van der Waals surface area contributed by atoms with Crippen molar-refractivity contribution in [3.05, 3.63) is 64.7 Å². The lowest BCUT2D eigenvalue weighted by molar-refractivity contribution is -0.782. The average Bonchev–Trinajstić information content (AvgIpc) is 2.87. The van der Waals surface area contributed by atoms with Crippen LogP contribution < -0.4 is 4.90 Å². The first-order valence-electron chi connectivity index (χ1n) is 5.87. The van der Waals surface area contributed by atoms with Crippen molar-refractivity contribution in [1.29, 1.82) is 0 Å². The van der Waals surface area contributed by atoms with Crippen LogP contribution in [0.1, 0.15) is 5.56 Å². The van der Waals surface area contributed by atoms with E-state index in [1.54, 1.807) is 29.7 Å². The minimum Gasteiger partial charge on any atom is -0.359 e. The van der Waals surface area contributed by atoms with E-state index >= 15 is 0 Å². The zero-order chi connectivity index (χ0) is 13.9. The van der Waals surface area contributed by atoms with Crippen LogP contribution in [0.15, 0.2) is 63.5 Å². The number of fused-ring (bicyclic) bond motifs is 1. The molecule has 5 nitrogen and oxygen atoms in total. The highest BCUT2D eigenvalue weighted by atomic mass is 32.2. The summed E-state index contributed by atoms with van der Waals surface area (Å²) in [7, 11) is -1.20. The number of aromatic nitrogens is 2. The second kappa shape index (κ2) is 5.26. The van der Waals surface area contributed by atoms with Gasteiger partial charge in [0.15, 0.2) is 0 Å². The van der Waals surface area contributed by atoms with E-state index < -0.39 is 10.8 Å². The second-order valence-electron chi connectivity index (χ2n) is 4.09. The van der Waals surface area contributed by atoms with Gasteiger partial charge in [-0.25, -0.2) is 4.21 Å². The Balaban J connectivity index is 1.85. The Labute approximate surface area is 117 Å². The molecule has 3 aromatic rings. The van der Waals surface area contributed by atoms with Crippen LogP contribution in [0.5, 0.6) is 0 Å². The molecule has 1 aromatic heterocycles. The number of rotatable bonds is 3. The summed E-state index contributed by atoms with van der Waals surface area (Å²) in [6.45, 7) is 0. The van der Waals surface area contributed by atoms with E-state index in [0.717, 1.165) is 10.5 Å². The first kappa shape index (κ1) is 12.6. The summed E-state index contributed by atoms with van der Waals surface area (Å²) in [5, 5.41) is 16.4. The molecule has 0 radical (unpaired) electrons. The Morgan fingerprint density at radius 2 is 2.00 bits per heavy atom. The van der Waals surface area contributed by atoms with E-state index in [1.807, 2.05) is 30.3 Å². The molecule has 0 amide bonds. The normalized spacial score (nSPS) is 13.0. The van der Waals surface area contributed by atoms with Crippen LogP contribution in [0, 0.1) is 5.21 Å². The van der Waals surface area contributed by atoms with Gasteiger partial charge in [0, 0.05) is 21.5 Å². The van der Waals surface area contributed by atoms with Gasteiger partial charge in [0.25, 0.3) is 0 Å². The molecule has 100 valence electrons. The Morgan fingerprint density at radius 3 is 2.80 bits per heavy atom. The van der Waals surface area contributed by atoms with Crippen molar-refractivity contribution < 1.29 is 13.7 Å². The number of nitrogens with zero attached hydrogens (tertiary/aromatic N) is 2. The second-order valence-corrected chi connectivity index (χ2v) is 5.43. The van der Waals surface area contributed by atoms with Crippen LogP contribution in [-0.4, -0.2) is 9.37 Å². The van der Waals surface area contributed by atoms with Gasteiger partial charge in [-0.15, -0.1) is 0 Å². The first-order valence-corrected chi connectivity index (χ1v) is 7.09. The van der Waals surface area contributed by atoms with E-state index in [4.69, 9.17) is 0 Å². The van der Waals surface area contributed by atoms with Gasteiger partial charge in [-0.2, -0.15) is 0 Å². The predicted molar refractivity (Wildman–Crippen MR) is 74.9 cm³/mol. The monoisotopic (exact) mass is 286 g/mol. The van der Waals surface area contributed by atoms with Crippen molar-refractivity contribution in [2.75, 3.05) is 0 Å². The molecule has 0 saturated carbocycles. The van der Waals surface area contributed by atoms with Crippen molar-refractivity contribution in [3.8, 4) is 0 Å². The van der Waals surface area contributed by atoms with E-state index in [9.17, 15) is 9.42 Å². The Morgan fingerprint density at radius 1 is 1.20 bits per heavy atom. The number of hydrogen-bond donors (Lipinski definition) is 0. The van der Waals surface area contributed by atoms with Gasteiger partial charge in [-0.05, 0) is 34.7 Å². The van der Waals surface area contributed by atoms with Gasteiger partial charge in [0.05, 0.1) is 10.8 Å². The minimum absolute atomic E-state index is 0.352. The Bertz CT molecular complexity index is 797. The van der Waals surface area contributed by atoms with Gasteiger partial charge in [0.2, 0.25) is 11.0 Å². The number of benzene rings is 2. The molecular formula is C14H10N2O3S. The highest BCUT2D eigenvalue weighted by molar-refractivity contribution is 7.88. The quantitative estimate of drug-likeness (QED) is 0.692. The van der Waals surface area contributed by atoms with Crippen LogP contribution in [0.4, 0.5) is 0 Å². The van der Waals surface area contributed by atoms with Crippen LogP contribution in [0.25, 0.3) is 17.1 Å². The third-order valence-corrected chi connectivity index (χ3v) is 3.89. The molecule has 1 atom stereocenters. The van der Waals surface area contributed by atoms with E-state index in [1.165, 1.54) is 0 Å². The molecule has 1 heterocycles. The molecule has 0 aliphatic carbocycles. The summed E-state index contributed by atoms with van der Waals surface area (Å²) >= 11 is 0. The molecule has 0 aliphatic rings. The molecule has 20 heavy (non-hydrogen) atoms. The lowest BCUT2D eigenvalue weighted by Gasteiger charge is -1.95. The van der Waals surface area contributed by atoms with Crippen LogP contribution in [-0.2, 0) is 10.8 Å². The highest BCUT2D eigenvalue weighted by Crippen LogP contribution is 2.13. The molecule has 0 spiro atoms. The molecule has 0 bridgehead atoms. The van der Waals surface area contributed by atoms with Gasteiger partial charge in [-0.1, -0.05) is 24.3 Å². The molecule has 0 fully saturated rings.